The van der Waals surface area contributed by atoms with Gasteiger partial charge in [0.2, 0.25) is 0 Å². The van der Waals surface area contributed by atoms with Gasteiger partial charge in [0.1, 0.15) is 0 Å². The van der Waals surface area contributed by atoms with Gasteiger partial charge < -0.3 is 15.3 Å². The number of carboxylic acids is 1. The normalized spacial score (nSPS) is 46.5. The second-order valence-corrected chi connectivity index (χ2v) is 9.24. The SMILES string of the molecule is C[C@]1(C(O)CO)CC=C2[C@@H](CC[C@@H]3[C@](C)(C(=O)O)CCC[C@@]23C)C1. The van der Waals surface area contributed by atoms with E-state index in [4.69, 9.17) is 0 Å². The van der Waals surface area contributed by atoms with Crippen molar-refractivity contribution < 1.29 is 20.1 Å². The number of carboxylic acid groups (broad SMARTS) is 1. The van der Waals surface area contributed by atoms with Gasteiger partial charge in [-0.1, -0.05) is 31.9 Å². The van der Waals surface area contributed by atoms with Gasteiger partial charge in [-0.25, -0.2) is 0 Å². The third kappa shape index (κ3) is 2.45. The molecular weight excluding hydrogens is 304 g/mol. The van der Waals surface area contributed by atoms with Crippen LogP contribution in [0.15, 0.2) is 11.6 Å². The molecule has 4 heteroatoms. The third-order valence-electron chi connectivity index (χ3n) is 7.80. The minimum absolute atomic E-state index is 0.0280. The molecule has 0 amide bonds. The summed E-state index contributed by atoms with van der Waals surface area (Å²) in [4.78, 5) is 12.0. The van der Waals surface area contributed by atoms with E-state index in [1.54, 1.807) is 0 Å². The molecule has 3 aliphatic rings. The first-order valence-corrected chi connectivity index (χ1v) is 9.40. The minimum Gasteiger partial charge on any atom is -0.481 e. The molecule has 0 aromatic rings. The molecule has 0 bridgehead atoms. The topological polar surface area (TPSA) is 77.8 Å². The van der Waals surface area contributed by atoms with E-state index in [2.05, 4.69) is 19.9 Å². The van der Waals surface area contributed by atoms with Gasteiger partial charge in [-0.3, -0.25) is 4.79 Å². The van der Waals surface area contributed by atoms with Crippen molar-refractivity contribution in [2.45, 2.75) is 71.8 Å². The predicted molar refractivity (Wildman–Crippen MR) is 92.4 cm³/mol. The number of allylic oxidation sites excluding steroid dienone is 2. The lowest BCUT2D eigenvalue weighted by molar-refractivity contribution is -0.160. The van der Waals surface area contributed by atoms with E-state index in [1.807, 2.05) is 6.92 Å². The zero-order valence-electron chi connectivity index (χ0n) is 15.2. The molecule has 0 aliphatic heterocycles. The van der Waals surface area contributed by atoms with Crippen LogP contribution < -0.4 is 0 Å². The quantitative estimate of drug-likeness (QED) is 0.691. The Labute approximate surface area is 145 Å². The third-order valence-corrected chi connectivity index (χ3v) is 7.80. The van der Waals surface area contributed by atoms with Crippen molar-refractivity contribution in [1.82, 2.24) is 0 Å². The lowest BCUT2D eigenvalue weighted by Gasteiger charge is -2.58. The van der Waals surface area contributed by atoms with Crippen LogP contribution in [0.5, 0.6) is 0 Å². The predicted octanol–water partition coefficient (Wildman–Crippen LogP) is 3.37. The molecule has 3 N–H and O–H groups in total. The lowest BCUT2D eigenvalue weighted by atomic mass is 9.46. The van der Waals surface area contributed by atoms with Crippen molar-refractivity contribution in [2.24, 2.45) is 28.1 Å². The average molecular weight is 336 g/mol. The molecular formula is C20H32O4. The van der Waals surface area contributed by atoms with Gasteiger partial charge in [-0.15, -0.1) is 0 Å². The molecule has 2 saturated carbocycles. The Morgan fingerprint density at radius 2 is 2.00 bits per heavy atom. The average Bonchev–Trinajstić information content (AvgIpc) is 2.53. The highest BCUT2D eigenvalue weighted by atomic mass is 16.4. The first-order chi connectivity index (χ1) is 11.2. The standard InChI is InChI=1S/C20H32O4/c1-18(16(22)12-21)10-7-14-13(11-18)5-6-15-19(14,2)8-4-9-20(15,3)17(23)24/h7,13,15-16,21-22H,4-6,8-12H2,1-3H3,(H,23,24)/t13-,15-,16?,18-,19-,20+/m0/s1. The summed E-state index contributed by atoms with van der Waals surface area (Å²) in [5.41, 5.74) is 0.523. The number of carbonyl (C=O) groups is 1. The van der Waals surface area contributed by atoms with Crippen molar-refractivity contribution in [2.75, 3.05) is 6.61 Å². The maximum Gasteiger partial charge on any atom is 0.309 e. The molecule has 24 heavy (non-hydrogen) atoms. The summed E-state index contributed by atoms with van der Waals surface area (Å²) in [7, 11) is 0. The number of hydrogen-bond acceptors (Lipinski definition) is 3. The van der Waals surface area contributed by atoms with Crippen LogP contribution in [0.1, 0.15) is 65.7 Å². The molecule has 0 radical (unpaired) electrons. The number of aliphatic hydroxyl groups excluding tert-OH is 2. The van der Waals surface area contributed by atoms with Gasteiger partial charge in [0, 0.05) is 0 Å². The Balaban J connectivity index is 1.95. The summed E-state index contributed by atoms with van der Waals surface area (Å²) < 4.78 is 0. The summed E-state index contributed by atoms with van der Waals surface area (Å²) >= 11 is 0. The molecule has 0 saturated heterocycles. The van der Waals surface area contributed by atoms with Crippen molar-refractivity contribution in [3.8, 4) is 0 Å². The fraction of sp³-hybridized carbons (Fsp3) is 0.850. The number of aliphatic hydroxyl groups is 2. The lowest BCUT2D eigenvalue weighted by Crippen LogP contribution is -2.53. The Morgan fingerprint density at radius 3 is 2.62 bits per heavy atom. The van der Waals surface area contributed by atoms with Gasteiger partial charge in [-0.2, -0.15) is 0 Å². The summed E-state index contributed by atoms with van der Waals surface area (Å²) in [6, 6.07) is 0. The second-order valence-electron chi connectivity index (χ2n) is 9.24. The maximum atomic E-state index is 12.0. The Morgan fingerprint density at radius 1 is 1.29 bits per heavy atom. The van der Waals surface area contributed by atoms with E-state index < -0.39 is 17.5 Å². The van der Waals surface area contributed by atoms with Gasteiger partial charge in [0.25, 0.3) is 0 Å². The first-order valence-electron chi connectivity index (χ1n) is 9.40. The Kier molecular flexibility index (Phi) is 4.37. The number of rotatable bonds is 3. The summed E-state index contributed by atoms with van der Waals surface area (Å²) in [6.07, 6.45) is 8.04. The fourth-order valence-corrected chi connectivity index (χ4v) is 6.20. The second kappa shape index (κ2) is 5.84. The van der Waals surface area contributed by atoms with Crippen LogP contribution in [0.3, 0.4) is 0 Å². The van der Waals surface area contributed by atoms with E-state index in [1.165, 1.54) is 5.57 Å². The number of fused-ring (bicyclic) bond motifs is 3. The van der Waals surface area contributed by atoms with E-state index in [9.17, 15) is 20.1 Å². The zero-order chi connectivity index (χ0) is 17.8. The molecule has 0 spiro atoms. The van der Waals surface area contributed by atoms with Crippen LogP contribution in [0.2, 0.25) is 0 Å². The number of aliphatic carboxylic acids is 1. The summed E-state index contributed by atoms with van der Waals surface area (Å²) in [5, 5.41) is 29.5. The molecule has 3 aliphatic carbocycles. The van der Waals surface area contributed by atoms with Crippen molar-refractivity contribution >= 4 is 5.97 Å². The van der Waals surface area contributed by atoms with Gasteiger partial charge in [-0.05, 0) is 68.1 Å². The van der Waals surface area contributed by atoms with Crippen LogP contribution in [0.25, 0.3) is 0 Å². The van der Waals surface area contributed by atoms with Crippen LogP contribution in [-0.2, 0) is 4.79 Å². The zero-order valence-corrected chi connectivity index (χ0v) is 15.2. The van der Waals surface area contributed by atoms with Gasteiger partial charge >= 0.3 is 5.97 Å². The van der Waals surface area contributed by atoms with Crippen LogP contribution >= 0.6 is 0 Å². The highest BCUT2D eigenvalue weighted by Gasteiger charge is 2.58. The molecule has 0 aromatic heterocycles. The Bertz CT molecular complexity index is 556. The molecule has 136 valence electrons. The molecule has 0 aromatic carbocycles. The summed E-state index contributed by atoms with van der Waals surface area (Å²) in [6.45, 7) is 6.10. The van der Waals surface area contributed by atoms with Crippen LogP contribution in [0.4, 0.5) is 0 Å². The first kappa shape index (κ1) is 17.9. The maximum absolute atomic E-state index is 12.0. The van der Waals surface area contributed by atoms with E-state index >= 15 is 0 Å². The van der Waals surface area contributed by atoms with Crippen molar-refractivity contribution in [3.63, 3.8) is 0 Å². The van der Waals surface area contributed by atoms with Crippen molar-refractivity contribution in [3.05, 3.63) is 11.6 Å². The monoisotopic (exact) mass is 336 g/mol. The largest absolute Gasteiger partial charge is 0.481 e. The fourth-order valence-electron chi connectivity index (χ4n) is 6.20. The van der Waals surface area contributed by atoms with Crippen LogP contribution in [0, 0.1) is 28.1 Å². The van der Waals surface area contributed by atoms with E-state index in [0.29, 0.717) is 5.92 Å². The smallest absolute Gasteiger partial charge is 0.309 e. The number of hydrogen-bond donors (Lipinski definition) is 3. The molecule has 4 nitrogen and oxygen atoms in total. The molecule has 6 atom stereocenters. The van der Waals surface area contributed by atoms with Gasteiger partial charge in [0.05, 0.1) is 18.1 Å². The van der Waals surface area contributed by atoms with Crippen molar-refractivity contribution in [1.29, 1.82) is 0 Å². The highest BCUT2D eigenvalue weighted by Crippen LogP contribution is 2.63. The minimum atomic E-state index is -0.684. The van der Waals surface area contributed by atoms with E-state index in [0.717, 1.165) is 44.9 Å². The van der Waals surface area contributed by atoms with E-state index in [-0.39, 0.29) is 23.4 Å². The molecule has 2 fully saturated rings. The molecule has 3 rings (SSSR count). The molecule has 0 heterocycles. The Hall–Kier alpha value is -0.870. The molecule has 1 unspecified atom stereocenters. The summed E-state index contributed by atoms with van der Waals surface area (Å²) in [5.74, 6) is -0.0259. The highest BCUT2D eigenvalue weighted by molar-refractivity contribution is 5.75. The van der Waals surface area contributed by atoms with Gasteiger partial charge in [0.15, 0.2) is 0 Å². The van der Waals surface area contributed by atoms with Crippen LogP contribution in [-0.4, -0.2) is 34.0 Å².